The van der Waals surface area contributed by atoms with E-state index in [0.29, 0.717) is 81.8 Å². The van der Waals surface area contributed by atoms with E-state index in [1.807, 2.05) is 0 Å². The van der Waals surface area contributed by atoms with Crippen molar-refractivity contribution in [3.63, 3.8) is 0 Å². The number of anilines is 3. The first-order valence-electron chi connectivity index (χ1n) is 22.9. The number of fused-ring (bicyclic) bond motifs is 4. The number of rotatable bonds is 16. The van der Waals surface area contributed by atoms with E-state index in [1.54, 1.807) is 66.9 Å². The summed E-state index contributed by atoms with van der Waals surface area (Å²) in [4.78, 5) is 80.7. The Morgan fingerprint density at radius 2 is 1.66 bits per heavy atom. The van der Waals surface area contributed by atoms with Gasteiger partial charge in [-0.2, -0.15) is 0 Å². The first kappa shape index (κ1) is 49.7. The van der Waals surface area contributed by atoms with E-state index in [-0.39, 0.29) is 91.7 Å². The largest absolute Gasteiger partial charge is 0.379 e. The molecule has 2 fully saturated rings. The molecule has 1 aromatic heterocycles. The zero-order valence-electron chi connectivity index (χ0n) is 37.9. The lowest BCUT2D eigenvalue weighted by Gasteiger charge is -2.32. The number of halogens is 4. The summed E-state index contributed by atoms with van der Waals surface area (Å²) in [5.74, 6) is -2.67. The highest BCUT2D eigenvalue weighted by Gasteiger charge is 2.40. The quantitative estimate of drug-likeness (QED) is 0.0559. The van der Waals surface area contributed by atoms with Crippen molar-refractivity contribution in [2.75, 3.05) is 56.6 Å². The minimum atomic E-state index is -0.734. The minimum absolute atomic E-state index is 0. The number of imide groups is 1. The maximum absolute atomic E-state index is 15.0. The van der Waals surface area contributed by atoms with Gasteiger partial charge in [-0.1, -0.05) is 29.8 Å². The fourth-order valence-electron chi connectivity index (χ4n) is 9.01. The maximum Gasteiger partial charge on any atom is 0.255 e. The van der Waals surface area contributed by atoms with Gasteiger partial charge in [0.2, 0.25) is 23.7 Å². The monoisotopic (exact) mass is 994 g/mol. The van der Waals surface area contributed by atoms with Crippen molar-refractivity contribution in [2.24, 2.45) is 4.99 Å². The molecule has 0 bridgehead atoms. The lowest BCUT2D eigenvalue weighted by Crippen LogP contribution is -2.52. The third-order valence-electron chi connectivity index (χ3n) is 12.6. The Hall–Kier alpha value is -6.70. The number of aliphatic imine (C=N–C) groups is 1. The first-order valence-corrected chi connectivity index (χ1v) is 23.3. The Bertz CT molecular complexity index is 2830. The zero-order valence-corrected chi connectivity index (χ0v) is 39.4. The predicted molar refractivity (Wildman–Crippen MR) is 262 cm³/mol. The van der Waals surface area contributed by atoms with Crippen molar-refractivity contribution in [3.8, 4) is 11.3 Å². The van der Waals surface area contributed by atoms with E-state index < -0.39 is 23.6 Å². The summed E-state index contributed by atoms with van der Waals surface area (Å²) >= 11 is 6.36. The molecular weight excluding hydrogens is 946 g/mol. The van der Waals surface area contributed by atoms with Crippen LogP contribution < -0.4 is 26.6 Å². The fraction of sp³-hybridized carbons (Fsp3) is 0.320. The summed E-state index contributed by atoms with van der Waals surface area (Å²) < 4.78 is 35.8. The van der Waals surface area contributed by atoms with Crippen LogP contribution in [0.15, 0.2) is 90.1 Å². The molecule has 20 heteroatoms. The van der Waals surface area contributed by atoms with Crippen LogP contribution in [0.5, 0.6) is 0 Å². The molecule has 5 aromatic rings. The van der Waals surface area contributed by atoms with Crippen molar-refractivity contribution in [1.29, 1.82) is 0 Å². The first-order chi connectivity index (χ1) is 33.5. The number of amides is 5. The summed E-state index contributed by atoms with van der Waals surface area (Å²) in [6.45, 7) is 4.73. The second-order valence-electron chi connectivity index (χ2n) is 17.2. The van der Waals surface area contributed by atoms with Crippen LogP contribution in [0.1, 0.15) is 75.1 Å². The summed E-state index contributed by atoms with van der Waals surface area (Å²) in [5.41, 5.74) is 4.97. The zero-order chi connectivity index (χ0) is 48.0. The fourth-order valence-corrected chi connectivity index (χ4v) is 9.18. The second kappa shape index (κ2) is 22.4. The number of carbonyl (C=O) groups excluding carboxylic acids is 5. The molecule has 70 heavy (non-hydrogen) atoms. The van der Waals surface area contributed by atoms with Crippen molar-refractivity contribution in [3.05, 3.63) is 135 Å². The molecule has 5 amide bonds. The Morgan fingerprint density at radius 1 is 0.886 bits per heavy atom. The summed E-state index contributed by atoms with van der Waals surface area (Å²) in [6, 6.07) is 20.2. The Balaban J connectivity index is 0.00000659. The van der Waals surface area contributed by atoms with Crippen LogP contribution in [0.2, 0.25) is 5.02 Å². The van der Waals surface area contributed by atoms with Gasteiger partial charge in [0.15, 0.2) is 0 Å². The van der Waals surface area contributed by atoms with E-state index in [0.717, 1.165) is 32.5 Å². The number of hydrogen-bond acceptors (Lipinski definition) is 12. The highest BCUT2D eigenvalue weighted by Crippen LogP contribution is 2.36. The van der Waals surface area contributed by atoms with Crippen LogP contribution in [0, 0.1) is 11.6 Å². The van der Waals surface area contributed by atoms with Gasteiger partial charge < -0.3 is 35.8 Å². The van der Waals surface area contributed by atoms with Gasteiger partial charge in [-0.25, -0.2) is 18.7 Å². The van der Waals surface area contributed by atoms with Crippen molar-refractivity contribution < 1.29 is 37.5 Å². The molecule has 0 aliphatic carbocycles. The van der Waals surface area contributed by atoms with Crippen LogP contribution in [0.3, 0.4) is 0 Å². The van der Waals surface area contributed by atoms with Gasteiger partial charge in [-0.05, 0) is 79.9 Å². The minimum Gasteiger partial charge on any atom is -0.379 e. The van der Waals surface area contributed by atoms with Crippen LogP contribution in [0.4, 0.5) is 26.1 Å². The molecule has 1 atom stereocenters. The lowest BCUT2D eigenvalue weighted by atomic mass is 9.95. The Labute approximate surface area is 413 Å². The third kappa shape index (κ3) is 11.3. The number of nitrogens with zero attached hydrogens (tertiary/aromatic N) is 5. The van der Waals surface area contributed by atoms with Gasteiger partial charge in [0.25, 0.3) is 11.8 Å². The van der Waals surface area contributed by atoms with Gasteiger partial charge in [0.1, 0.15) is 17.7 Å². The van der Waals surface area contributed by atoms with Crippen LogP contribution >= 0.6 is 24.0 Å². The molecule has 1 unspecified atom stereocenters. The predicted octanol–water partition coefficient (Wildman–Crippen LogP) is 6.18. The molecule has 4 aromatic carbocycles. The Morgan fingerprint density at radius 3 is 2.43 bits per heavy atom. The SMILES string of the molecule is Cl.O=C1CCC(N2Cc3c(NC(=O)CCNCCOCCN4CCC(NC(=O)c5ccc(Nc6ncc7c(n6)-c6ccc(Cl)cc6C(c6c(F)cccc6F)=NC7)cc5)CC4)cccc3C2=O)C(=O)N1. The standard InChI is InChI=1S/C50H49ClF2N10O6.ClH/c51-31-9-12-34-36(25-31)46(44-38(52)4-2-5-39(44)53)55-26-30-27-56-50(61-45(30)34)58-32-10-7-29(8-11-32)47(66)57-33-16-20-62(21-17-33)22-24-69-23-19-54-18-15-43(65)59-40-6-1-3-35-37(40)28-63(49(35)68)41-13-14-42(64)60-48(41)67;/h1-12,25,27,33,41,54H,13-24,26,28H2,(H,57,66)(H,59,65)(H,56,58,61)(H,60,64,67);1H. The highest BCUT2D eigenvalue weighted by molar-refractivity contribution is 6.31. The topological polar surface area (TPSA) is 199 Å². The average molecular weight is 996 g/mol. The van der Waals surface area contributed by atoms with E-state index in [2.05, 4.69) is 41.5 Å². The maximum atomic E-state index is 15.0. The molecular formula is C50H50Cl2F2N10O6. The summed E-state index contributed by atoms with van der Waals surface area (Å²) in [5, 5.41) is 15.2. The molecule has 4 aliphatic rings. The van der Waals surface area contributed by atoms with Crippen molar-refractivity contribution in [2.45, 2.75) is 57.3 Å². The van der Waals surface area contributed by atoms with E-state index >= 15 is 0 Å². The van der Waals surface area contributed by atoms with Gasteiger partial charge in [0, 0.05) is 114 Å². The number of ether oxygens (including phenoxy) is 1. The summed E-state index contributed by atoms with van der Waals surface area (Å²) in [6.07, 6.45) is 3.90. The average Bonchev–Trinajstić information content (AvgIpc) is 3.59. The Kier molecular flexibility index (Phi) is 15.9. The van der Waals surface area contributed by atoms with E-state index in [1.165, 1.54) is 23.1 Å². The molecule has 4 aliphatic heterocycles. The number of likely N-dealkylation sites (tertiary alicyclic amines) is 1. The molecule has 364 valence electrons. The summed E-state index contributed by atoms with van der Waals surface area (Å²) in [7, 11) is 0. The van der Waals surface area contributed by atoms with Gasteiger partial charge in [-0.15, -0.1) is 12.4 Å². The van der Waals surface area contributed by atoms with E-state index in [9.17, 15) is 32.8 Å². The molecule has 9 rings (SSSR count). The number of benzene rings is 4. The number of hydrogen-bond donors (Lipinski definition) is 5. The van der Waals surface area contributed by atoms with Crippen molar-refractivity contribution >= 4 is 76.6 Å². The number of aromatic nitrogens is 2. The number of nitrogens with one attached hydrogen (secondary N) is 5. The molecule has 16 nitrogen and oxygen atoms in total. The van der Waals surface area contributed by atoms with Gasteiger partial charge in [0.05, 0.1) is 36.7 Å². The number of carbonyl (C=O) groups is 5. The normalized spacial score (nSPS) is 16.8. The molecule has 0 spiro atoms. The second-order valence-corrected chi connectivity index (χ2v) is 17.6. The molecule has 5 N–H and O–H groups in total. The molecule has 2 saturated heterocycles. The van der Waals surface area contributed by atoms with Crippen LogP contribution in [-0.2, 0) is 32.2 Å². The van der Waals surface area contributed by atoms with E-state index in [4.69, 9.17) is 21.3 Å². The van der Waals surface area contributed by atoms with Gasteiger partial charge in [-0.3, -0.25) is 34.3 Å². The van der Waals surface area contributed by atoms with Crippen LogP contribution in [0.25, 0.3) is 11.3 Å². The van der Waals surface area contributed by atoms with Crippen LogP contribution in [-0.4, -0.2) is 113 Å². The highest BCUT2D eigenvalue weighted by atomic mass is 35.5. The number of piperidine rings is 2. The molecule has 0 radical (unpaired) electrons. The lowest BCUT2D eigenvalue weighted by molar-refractivity contribution is -0.137. The molecule has 5 heterocycles. The van der Waals surface area contributed by atoms with Crippen molar-refractivity contribution in [1.82, 2.24) is 35.7 Å². The third-order valence-corrected chi connectivity index (χ3v) is 12.9. The smallest absolute Gasteiger partial charge is 0.255 e. The molecule has 0 saturated carbocycles. The van der Waals surface area contributed by atoms with Gasteiger partial charge >= 0.3 is 0 Å².